The first kappa shape index (κ1) is 11.4. The maximum atomic E-state index is 4.27. The topological polar surface area (TPSA) is 29.9 Å². The first-order chi connectivity index (χ1) is 7.92. The van der Waals surface area contributed by atoms with E-state index in [4.69, 9.17) is 0 Å². The smallest absolute Gasteiger partial charge is 0.0948 e. The molecule has 0 amide bonds. The number of aromatic nitrogens is 2. The molecule has 1 N–H and O–H groups in total. The molecule has 1 fully saturated rings. The molecule has 0 spiro atoms. The van der Waals surface area contributed by atoms with Crippen molar-refractivity contribution >= 4 is 0 Å². The standard InChI is InChI=1S/C13H21N3/c1-2-3-6-9-16-11-14-10-13(16)12-7-4-5-8-15-12/h2-3,10-12,15H,4-9H2,1H3/b3-2+. The van der Waals surface area contributed by atoms with Gasteiger partial charge in [0.05, 0.1) is 12.0 Å². The summed E-state index contributed by atoms with van der Waals surface area (Å²) >= 11 is 0. The van der Waals surface area contributed by atoms with E-state index in [-0.39, 0.29) is 0 Å². The van der Waals surface area contributed by atoms with Crippen LogP contribution < -0.4 is 5.32 Å². The molecule has 2 heterocycles. The van der Waals surface area contributed by atoms with Gasteiger partial charge in [0.1, 0.15) is 0 Å². The molecule has 88 valence electrons. The quantitative estimate of drug-likeness (QED) is 0.789. The predicted octanol–water partition coefficient (Wildman–Crippen LogP) is 2.66. The maximum Gasteiger partial charge on any atom is 0.0948 e. The van der Waals surface area contributed by atoms with Crippen LogP contribution in [0.2, 0.25) is 0 Å². The van der Waals surface area contributed by atoms with Crippen LogP contribution in [0.5, 0.6) is 0 Å². The monoisotopic (exact) mass is 219 g/mol. The van der Waals surface area contributed by atoms with Crippen molar-refractivity contribution in [3.63, 3.8) is 0 Å². The normalized spacial score (nSPS) is 21.7. The molecule has 2 rings (SSSR count). The van der Waals surface area contributed by atoms with Crippen molar-refractivity contribution in [2.45, 2.75) is 45.2 Å². The fourth-order valence-corrected chi connectivity index (χ4v) is 2.29. The number of aryl methyl sites for hydroxylation is 1. The van der Waals surface area contributed by atoms with Crippen molar-refractivity contribution in [3.05, 3.63) is 30.4 Å². The van der Waals surface area contributed by atoms with Crippen molar-refractivity contribution in [1.82, 2.24) is 14.9 Å². The molecule has 0 aliphatic carbocycles. The highest BCUT2D eigenvalue weighted by Crippen LogP contribution is 2.22. The third-order valence-electron chi connectivity index (χ3n) is 3.18. The van der Waals surface area contributed by atoms with Gasteiger partial charge in [-0.25, -0.2) is 4.98 Å². The van der Waals surface area contributed by atoms with Gasteiger partial charge >= 0.3 is 0 Å². The van der Waals surface area contributed by atoms with Gasteiger partial charge in [0.15, 0.2) is 0 Å². The number of hydrogen-bond acceptors (Lipinski definition) is 2. The largest absolute Gasteiger partial charge is 0.333 e. The fourth-order valence-electron chi connectivity index (χ4n) is 2.29. The fraction of sp³-hybridized carbons (Fsp3) is 0.615. The van der Waals surface area contributed by atoms with Gasteiger partial charge < -0.3 is 9.88 Å². The number of imidazole rings is 1. The molecule has 1 unspecified atom stereocenters. The summed E-state index contributed by atoms with van der Waals surface area (Å²) in [6.45, 7) is 4.25. The van der Waals surface area contributed by atoms with Crippen LogP contribution in [-0.2, 0) is 6.54 Å². The van der Waals surface area contributed by atoms with E-state index in [1.165, 1.54) is 25.0 Å². The molecular weight excluding hydrogens is 198 g/mol. The minimum atomic E-state index is 0.516. The van der Waals surface area contributed by atoms with Gasteiger partial charge in [0, 0.05) is 18.8 Å². The van der Waals surface area contributed by atoms with Gasteiger partial charge in [0.2, 0.25) is 0 Å². The Balaban J connectivity index is 1.99. The number of nitrogens with zero attached hydrogens (tertiary/aromatic N) is 2. The van der Waals surface area contributed by atoms with Gasteiger partial charge in [-0.05, 0) is 32.7 Å². The van der Waals surface area contributed by atoms with Crippen molar-refractivity contribution < 1.29 is 0 Å². The molecule has 1 aromatic rings. The summed E-state index contributed by atoms with van der Waals surface area (Å²) in [6, 6.07) is 0.516. The summed E-state index contributed by atoms with van der Waals surface area (Å²) in [5.41, 5.74) is 1.35. The summed E-state index contributed by atoms with van der Waals surface area (Å²) in [6.07, 6.45) is 13.3. The number of nitrogens with one attached hydrogen (secondary N) is 1. The van der Waals surface area contributed by atoms with Crippen LogP contribution in [0.15, 0.2) is 24.7 Å². The van der Waals surface area contributed by atoms with Crippen LogP contribution in [0.25, 0.3) is 0 Å². The molecule has 3 nitrogen and oxygen atoms in total. The number of allylic oxidation sites excluding steroid dienone is 2. The molecule has 3 heteroatoms. The average molecular weight is 219 g/mol. The lowest BCUT2D eigenvalue weighted by atomic mass is 10.0. The third kappa shape index (κ3) is 2.73. The van der Waals surface area contributed by atoms with E-state index in [2.05, 4.69) is 33.9 Å². The van der Waals surface area contributed by atoms with Gasteiger partial charge in [-0.2, -0.15) is 0 Å². The highest BCUT2D eigenvalue weighted by atomic mass is 15.1. The van der Waals surface area contributed by atoms with E-state index in [1.807, 2.05) is 12.5 Å². The van der Waals surface area contributed by atoms with Crippen LogP contribution in [0.1, 0.15) is 44.3 Å². The minimum absolute atomic E-state index is 0.516. The third-order valence-corrected chi connectivity index (χ3v) is 3.18. The predicted molar refractivity (Wildman–Crippen MR) is 66.3 cm³/mol. The van der Waals surface area contributed by atoms with Gasteiger partial charge in [-0.1, -0.05) is 18.6 Å². The lowest BCUT2D eigenvalue weighted by Gasteiger charge is -2.24. The zero-order valence-corrected chi connectivity index (χ0v) is 10.0. The van der Waals surface area contributed by atoms with Crippen molar-refractivity contribution in [2.75, 3.05) is 6.54 Å². The van der Waals surface area contributed by atoms with Gasteiger partial charge in [-0.3, -0.25) is 0 Å². The molecule has 1 saturated heterocycles. The Hall–Kier alpha value is -1.09. The average Bonchev–Trinajstić information content (AvgIpc) is 2.79. The molecule has 0 aromatic carbocycles. The van der Waals surface area contributed by atoms with E-state index in [9.17, 15) is 0 Å². The SMILES string of the molecule is C/C=C/CCn1cncc1C1CCCCN1. The first-order valence-electron chi connectivity index (χ1n) is 6.26. The number of hydrogen-bond donors (Lipinski definition) is 1. The van der Waals surface area contributed by atoms with E-state index >= 15 is 0 Å². The highest BCUT2D eigenvalue weighted by Gasteiger charge is 2.17. The molecule has 1 aliphatic rings. The molecule has 1 atom stereocenters. The van der Waals surface area contributed by atoms with E-state index in [0.29, 0.717) is 6.04 Å². The van der Waals surface area contributed by atoms with Crippen molar-refractivity contribution in [3.8, 4) is 0 Å². The second-order valence-corrected chi connectivity index (χ2v) is 4.37. The van der Waals surface area contributed by atoms with Crippen LogP contribution in [0, 0.1) is 0 Å². The molecule has 1 aliphatic heterocycles. The Kier molecular flexibility index (Phi) is 4.17. The number of piperidine rings is 1. The summed E-state index contributed by atoms with van der Waals surface area (Å²) in [4.78, 5) is 4.27. The summed E-state index contributed by atoms with van der Waals surface area (Å²) in [7, 11) is 0. The molecular formula is C13H21N3. The Bertz CT molecular complexity index is 335. The van der Waals surface area contributed by atoms with E-state index < -0.39 is 0 Å². The summed E-state index contributed by atoms with van der Waals surface area (Å²) in [5, 5.41) is 3.57. The minimum Gasteiger partial charge on any atom is -0.333 e. The van der Waals surface area contributed by atoms with Crippen molar-refractivity contribution in [1.29, 1.82) is 0 Å². The van der Waals surface area contributed by atoms with Crippen LogP contribution in [0.3, 0.4) is 0 Å². The van der Waals surface area contributed by atoms with Gasteiger partial charge in [0.25, 0.3) is 0 Å². The van der Waals surface area contributed by atoms with Crippen molar-refractivity contribution in [2.24, 2.45) is 0 Å². The molecule has 0 bridgehead atoms. The lowest BCUT2D eigenvalue weighted by Crippen LogP contribution is -2.28. The zero-order valence-electron chi connectivity index (χ0n) is 10.0. The maximum absolute atomic E-state index is 4.27. The Labute approximate surface area is 97.6 Å². The zero-order chi connectivity index (χ0) is 11.2. The van der Waals surface area contributed by atoms with Crippen LogP contribution in [-0.4, -0.2) is 16.1 Å². The second kappa shape index (κ2) is 5.85. The lowest BCUT2D eigenvalue weighted by molar-refractivity contribution is 0.393. The first-order valence-corrected chi connectivity index (χ1v) is 6.26. The molecule has 1 aromatic heterocycles. The Morgan fingerprint density at radius 2 is 2.50 bits per heavy atom. The number of rotatable bonds is 4. The summed E-state index contributed by atoms with van der Waals surface area (Å²) < 4.78 is 2.28. The summed E-state index contributed by atoms with van der Waals surface area (Å²) in [5.74, 6) is 0. The van der Waals surface area contributed by atoms with E-state index in [0.717, 1.165) is 19.5 Å². The van der Waals surface area contributed by atoms with Crippen LogP contribution >= 0.6 is 0 Å². The Morgan fingerprint density at radius 3 is 3.25 bits per heavy atom. The van der Waals surface area contributed by atoms with E-state index in [1.54, 1.807) is 0 Å². The Morgan fingerprint density at radius 1 is 1.56 bits per heavy atom. The molecule has 0 radical (unpaired) electrons. The highest BCUT2D eigenvalue weighted by molar-refractivity contribution is 5.06. The van der Waals surface area contributed by atoms with Crippen LogP contribution in [0.4, 0.5) is 0 Å². The van der Waals surface area contributed by atoms with Gasteiger partial charge in [-0.15, -0.1) is 0 Å². The molecule has 16 heavy (non-hydrogen) atoms. The molecule has 0 saturated carbocycles. The second-order valence-electron chi connectivity index (χ2n) is 4.37.